The summed E-state index contributed by atoms with van der Waals surface area (Å²) >= 11 is 0. The highest BCUT2D eigenvalue weighted by molar-refractivity contribution is 7.89. The van der Waals surface area contributed by atoms with E-state index in [0.717, 1.165) is 36.8 Å². The maximum atomic E-state index is 13.2. The zero-order chi connectivity index (χ0) is 23.5. The number of benzene rings is 2. The van der Waals surface area contributed by atoms with Crippen molar-refractivity contribution in [3.63, 3.8) is 0 Å². The van der Waals surface area contributed by atoms with Crippen LogP contribution in [0.1, 0.15) is 36.3 Å². The van der Waals surface area contributed by atoms with Crippen LogP contribution >= 0.6 is 0 Å². The predicted octanol–water partition coefficient (Wildman–Crippen LogP) is 3.08. The molecule has 34 heavy (non-hydrogen) atoms. The molecule has 1 aliphatic carbocycles. The normalized spacial score (nSPS) is 16.9. The second-order valence-electron chi connectivity index (χ2n) is 8.79. The molecule has 1 aliphatic heterocycles. The van der Waals surface area contributed by atoms with Crippen molar-refractivity contribution in [3.8, 4) is 11.5 Å². The van der Waals surface area contributed by atoms with Gasteiger partial charge in [0, 0.05) is 44.6 Å². The van der Waals surface area contributed by atoms with E-state index in [-0.39, 0.29) is 12.3 Å². The molecule has 0 spiro atoms. The summed E-state index contributed by atoms with van der Waals surface area (Å²) in [6.07, 6.45) is 4.83. The minimum atomic E-state index is -3.56. The van der Waals surface area contributed by atoms with E-state index >= 15 is 0 Å². The molecule has 0 saturated carbocycles. The second-order valence-corrected chi connectivity index (χ2v) is 10.7. The van der Waals surface area contributed by atoms with Crippen LogP contribution in [0.2, 0.25) is 0 Å². The number of hydrogen-bond donors (Lipinski definition) is 0. The number of aryl methyl sites for hydroxylation is 3. The van der Waals surface area contributed by atoms with Gasteiger partial charge in [-0.1, -0.05) is 24.3 Å². The molecule has 178 valence electrons. The van der Waals surface area contributed by atoms with Gasteiger partial charge in [-0.2, -0.15) is 4.31 Å². The first-order valence-electron chi connectivity index (χ1n) is 11.8. The van der Waals surface area contributed by atoms with Crippen LogP contribution in [0.15, 0.2) is 57.8 Å². The van der Waals surface area contributed by atoms with Crippen molar-refractivity contribution < 1.29 is 17.6 Å². The molecule has 0 radical (unpaired) electrons. The summed E-state index contributed by atoms with van der Waals surface area (Å²) in [6, 6.07) is 15.0. The molecule has 1 fully saturated rings. The van der Waals surface area contributed by atoms with Gasteiger partial charge >= 0.3 is 0 Å². The van der Waals surface area contributed by atoms with Crippen molar-refractivity contribution in [3.05, 3.63) is 65.5 Å². The Morgan fingerprint density at radius 3 is 2.41 bits per heavy atom. The largest absolute Gasteiger partial charge is 0.421 e. The zero-order valence-electron chi connectivity index (χ0n) is 19.0. The molecule has 8 nitrogen and oxygen atoms in total. The molecular weight excluding hydrogens is 452 g/mol. The Morgan fingerprint density at radius 2 is 1.65 bits per heavy atom. The maximum absolute atomic E-state index is 13.2. The molecule has 1 saturated heterocycles. The Bertz CT molecular complexity index is 1270. The number of piperazine rings is 1. The van der Waals surface area contributed by atoms with Gasteiger partial charge in [0.15, 0.2) is 0 Å². The molecule has 0 bridgehead atoms. The lowest BCUT2D eigenvalue weighted by molar-refractivity contribution is -0.132. The third-order valence-electron chi connectivity index (χ3n) is 6.59. The summed E-state index contributed by atoms with van der Waals surface area (Å²) < 4.78 is 33.5. The summed E-state index contributed by atoms with van der Waals surface area (Å²) in [4.78, 5) is 14.8. The Kier molecular flexibility index (Phi) is 6.47. The SMILES string of the molecule is O=C(CCc1nnc(-c2ccccc2)o1)N1CCN(S(=O)(=O)c2ccc3c(c2)CCCC3)CC1. The second kappa shape index (κ2) is 9.68. The molecule has 2 aromatic carbocycles. The molecule has 1 amide bonds. The molecule has 0 unspecified atom stereocenters. The van der Waals surface area contributed by atoms with Crippen molar-refractivity contribution in [2.45, 2.75) is 43.4 Å². The van der Waals surface area contributed by atoms with Crippen LogP contribution in [0, 0.1) is 0 Å². The Morgan fingerprint density at radius 1 is 0.912 bits per heavy atom. The van der Waals surface area contributed by atoms with E-state index in [2.05, 4.69) is 10.2 Å². The van der Waals surface area contributed by atoms with Crippen LogP contribution in [0.25, 0.3) is 11.5 Å². The van der Waals surface area contributed by atoms with Crippen LogP contribution in [-0.4, -0.2) is 59.9 Å². The average molecular weight is 481 g/mol. The third kappa shape index (κ3) is 4.76. The van der Waals surface area contributed by atoms with Gasteiger partial charge in [0.05, 0.1) is 4.90 Å². The van der Waals surface area contributed by atoms with Gasteiger partial charge in [0.1, 0.15) is 0 Å². The van der Waals surface area contributed by atoms with Crippen LogP contribution in [-0.2, 0) is 34.1 Å². The van der Waals surface area contributed by atoms with Crippen molar-refractivity contribution in [1.82, 2.24) is 19.4 Å². The molecule has 2 heterocycles. The number of carbonyl (C=O) groups excluding carboxylic acids is 1. The van der Waals surface area contributed by atoms with Crippen LogP contribution in [0.5, 0.6) is 0 Å². The molecular formula is C25H28N4O4S. The molecule has 9 heteroatoms. The van der Waals surface area contributed by atoms with Crippen molar-refractivity contribution in [2.24, 2.45) is 0 Å². The molecule has 5 rings (SSSR count). The molecule has 0 atom stereocenters. The minimum absolute atomic E-state index is 0.0368. The van der Waals surface area contributed by atoms with E-state index in [9.17, 15) is 13.2 Å². The van der Waals surface area contributed by atoms with Crippen LogP contribution in [0.3, 0.4) is 0 Å². The van der Waals surface area contributed by atoms with Gasteiger partial charge in [0.2, 0.25) is 27.7 Å². The summed E-state index contributed by atoms with van der Waals surface area (Å²) in [5.74, 6) is 0.815. The third-order valence-corrected chi connectivity index (χ3v) is 8.48. The summed E-state index contributed by atoms with van der Waals surface area (Å²) in [5.41, 5.74) is 3.25. The zero-order valence-corrected chi connectivity index (χ0v) is 19.8. The van der Waals surface area contributed by atoms with E-state index in [1.807, 2.05) is 42.5 Å². The van der Waals surface area contributed by atoms with Crippen molar-refractivity contribution in [1.29, 1.82) is 0 Å². The first-order chi connectivity index (χ1) is 16.5. The van der Waals surface area contributed by atoms with Gasteiger partial charge in [-0.15, -0.1) is 10.2 Å². The first-order valence-corrected chi connectivity index (χ1v) is 13.2. The fourth-order valence-corrected chi connectivity index (χ4v) is 6.09. The molecule has 0 N–H and O–H groups in total. The van der Waals surface area contributed by atoms with E-state index < -0.39 is 10.0 Å². The van der Waals surface area contributed by atoms with Gasteiger partial charge in [-0.25, -0.2) is 8.42 Å². The van der Waals surface area contributed by atoms with E-state index in [1.165, 1.54) is 9.87 Å². The lowest BCUT2D eigenvalue weighted by Crippen LogP contribution is -2.50. The fourth-order valence-electron chi connectivity index (χ4n) is 4.62. The van der Waals surface area contributed by atoms with Crippen LogP contribution in [0.4, 0.5) is 0 Å². The van der Waals surface area contributed by atoms with Crippen LogP contribution < -0.4 is 0 Å². The number of carbonyl (C=O) groups is 1. The Balaban J connectivity index is 1.15. The lowest BCUT2D eigenvalue weighted by atomic mass is 9.92. The number of aromatic nitrogens is 2. The Hall–Kier alpha value is -3.04. The highest BCUT2D eigenvalue weighted by Gasteiger charge is 2.30. The Labute approximate surface area is 199 Å². The molecule has 1 aromatic heterocycles. The highest BCUT2D eigenvalue weighted by Crippen LogP contribution is 2.26. The smallest absolute Gasteiger partial charge is 0.247 e. The van der Waals surface area contributed by atoms with Gasteiger partial charge in [0.25, 0.3) is 0 Å². The van der Waals surface area contributed by atoms with E-state index in [0.29, 0.717) is 49.3 Å². The quantitative estimate of drug-likeness (QED) is 0.538. The van der Waals surface area contributed by atoms with Crippen molar-refractivity contribution >= 4 is 15.9 Å². The van der Waals surface area contributed by atoms with Gasteiger partial charge in [-0.3, -0.25) is 4.79 Å². The fraction of sp³-hybridized carbons (Fsp3) is 0.400. The molecule has 3 aromatic rings. The number of fused-ring (bicyclic) bond motifs is 1. The van der Waals surface area contributed by atoms with E-state index in [1.54, 1.807) is 11.0 Å². The summed E-state index contributed by atoms with van der Waals surface area (Å²) in [6.45, 7) is 1.35. The number of amides is 1. The van der Waals surface area contributed by atoms with E-state index in [4.69, 9.17) is 4.42 Å². The van der Waals surface area contributed by atoms with Gasteiger partial charge in [-0.05, 0) is 61.1 Å². The topological polar surface area (TPSA) is 96.6 Å². The number of hydrogen-bond acceptors (Lipinski definition) is 6. The summed E-state index contributed by atoms with van der Waals surface area (Å²) in [7, 11) is -3.56. The highest BCUT2D eigenvalue weighted by atomic mass is 32.2. The number of sulfonamides is 1. The monoisotopic (exact) mass is 480 g/mol. The molecule has 2 aliphatic rings. The number of nitrogens with zero attached hydrogens (tertiary/aromatic N) is 4. The minimum Gasteiger partial charge on any atom is -0.421 e. The average Bonchev–Trinajstić information content (AvgIpc) is 3.37. The number of rotatable bonds is 6. The first kappa shape index (κ1) is 22.7. The summed E-state index contributed by atoms with van der Waals surface area (Å²) in [5, 5.41) is 8.10. The van der Waals surface area contributed by atoms with Crippen molar-refractivity contribution in [2.75, 3.05) is 26.2 Å². The predicted molar refractivity (Wildman–Crippen MR) is 126 cm³/mol. The lowest BCUT2D eigenvalue weighted by Gasteiger charge is -2.34. The van der Waals surface area contributed by atoms with Gasteiger partial charge < -0.3 is 9.32 Å². The maximum Gasteiger partial charge on any atom is 0.247 e. The standard InChI is InChI=1S/C25H28N4O4S/c30-24(13-12-23-26-27-25(33-23)20-7-2-1-3-8-20)28-14-16-29(17-15-28)34(31,32)22-11-10-19-6-4-5-9-21(19)18-22/h1-3,7-8,10-11,18H,4-6,9,12-17H2.